The predicted octanol–water partition coefficient (Wildman–Crippen LogP) is 7.96. The molecule has 0 unspecified atom stereocenters. The molecule has 0 saturated heterocycles. The molecule has 1 aliphatic heterocycles. The van der Waals surface area contributed by atoms with Crippen molar-refractivity contribution in [2.45, 2.75) is 58.0 Å². The fourth-order valence-corrected chi connectivity index (χ4v) is 5.55. The molecule has 3 aromatic rings. The van der Waals surface area contributed by atoms with Crippen LogP contribution in [0.5, 0.6) is 0 Å². The van der Waals surface area contributed by atoms with Gasteiger partial charge < -0.3 is 9.30 Å². The van der Waals surface area contributed by atoms with Gasteiger partial charge in [0.15, 0.2) is 0 Å². The van der Waals surface area contributed by atoms with Crippen LogP contribution >= 0.6 is 0 Å². The summed E-state index contributed by atoms with van der Waals surface area (Å²) in [6, 6.07) is 19.1. The molecule has 35 heavy (non-hydrogen) atoms. The van der Waals surface area contributed by atoms with Crippen molar-refractivity contribution in [3.8, 4) is 11.8 Å². The number of nitriles is 1. The molecule has 174 valence electrons. The number of benzene rings is 2. The van der Waals surface area contributed by atoms with Crippen molar-refractivity contribution in [3.05, 3.63) is 106 Å². The summed E-state index contributed by atoms with van der Waals surface area (Å²) >= 11 is 0. The summed E-state index contributed by atoms with van der Waals surface area (Å²) in [5, 5.41) is 10.7. The van der Waals surface area contributed by atoms with E-state index in [1.807, 2.05) is 18.2 Å². The number of nitrogens with zero attached hydrogens (tertiary/aromatic N) is 3. The van der Waals surface area contributed by atoms with Gasteiger partial charge in [0.25, 0.3) is 5.70 Å². The van der Waals surface area contributed by atoms with Crippen LogP contribution in [0.15, 0.2) is 77.7 Å². The number of hydrogen-bond acceptors (Lipinski definition) is 2. The summed E-state index contributed by atoms with van der Waals surface area (Å²) in [7, 11) is 0. The molecule has 0 atom stereocenters. The Hall–Kier alpha value is -4.02. The van der Waals surface area contributed by atoms with Gasteiger partial charge in [-0.1, -0.05) is 36.8 Å². The zero-order chi connectivity index (χ0) is 24.4. The van der Waals surface area contributed by atoms with Crippen LogP contribution in [0.4, 0.5) is 0 Å². The Balaban J connectivity index is 1.51. The SMILES string of the molecule is [C-]#[N+]C(C#N)=C1C=C(C=Cc2ccc3c(c2)c(C)c(C)n3-c2ccccc2)OC2(CCCCC2)C1. The summed E-state index contributed by atoms with van der Waals surface area (Å²) < 4.78 is 8.83. The minimum atomic E-state index is -0.292. The van der Waals surface area contributed by atoms with Crippen molar-refractivity contribution in [3.63, 3.8) is 0 Å². The lowest BCUT2D eigenvalue weighted by molar-refractivity contribution is -0.0285. The Labute approximate surface area is 207 Å². The molecule has 4 heteroatoms. The molecule has 1 aliphatic carbocycles. The van der Waals surface area contributed by atoms with Gasteiger partial charge in [-0.3, -0.25) is 0 Å². The molecule has 1 saturated carbocycles. The van der Waals surface area contributed by atoms with Gasteiger partial charge in [-0.15, -0.1) is 0 Å². The molecule has 0 bridgehead atoms. The van der Waals surface area contributed by atoms with Crippen LogP contribution in [0.2, 0.25) is 0 Å². The second-order valence-electron chi connectivity index (χ2n) is 9.66. The van der Waals surface area contributed by atoms with Gasteiger partial charge in [0.2, 0.25) is 0 Å². The van der Waals surface area contributed by atoms with E-state index in [0.29, 0.717) is 6.42 Å². The maximum absolute atomic E-state index is 9.48. The first-order valence-electron chi connectivity index (χ1n) is 12.3. The first-order valence-corrected chi connectivity index (χ1v) is 12.3. The molecule has 0 radical (unpaired) electrons. The van der Waals surface area contributed by atoms with Crippen molar-refractivity contribution in [1.82, 2.24) is 4.57 Å². The van der Waals surface area contributed by atoms with Crippen molar-refractivity contribution < 1.29 is 4.74 Å². The lowest BCUT2D eigenvalue weighted by Crippen LogP contribution is -2.37. The summed E-state index contributed by atoms with van der Waals surface area (Å²) in [6.07, 6.45) is 12.0. The highest BCUT2D eigenvalue weighted by molar-refractivity contribution is 5.89. The van der Waals surface area contributed by atoms with Gasteiger partial charge in [-0.25, -0.2) is 10.1 Å². The van der Waals surface area contributed by atoms with Crippen molar-refractivity contribution in [1.29, 1.82) is 5.26 Å². The molecule has 0 amide bonds. The highest BCUT2D eigenvalue weighted by atomic mass is 16.5. The number of aromatic nitrogens is 1. The Kier molecular flexibility index (Phi) is 6.06. The van der Waals surface area contributed by atoms with E-state index >= 15 is 0 Å². The molecule has 4 nitrogen and oxygen atoms in total. The molecular weight excluding hydrogens is 430 g/mol. The summed E-state index contributed by atoms with van der Waals surface area (Å²) in [5.74, 6) is 0.736. The van der Waals surface area contributed by atoms with Gasteiger partial charge >= 0.3 is 0 Å². The average Bonchev–Trinajstić information content (AvgIpc) is 3.13. The number of para-hydroxylation sites is 1. The quantitative estimate of drug-likeness (QED) is 0.294. The van der Waals surface area contributed by atoms with Gasteiger partial charge in [0, 0.05) is 23.2 Å². The van der Waals surface area contributed by atoms with Crippen LogP contribution in [0, 0.1) is 31.8 Å². The average molecular weight is 460 g/mol. The summed E-state index contributed by atoms with van der Waals surface area (Å²) in [4.78, 5) is 3.48. The zero-order valence-electron chi connectivity index (χ0n) is 20.3. The van der Waals surface area contributed by atoms with Crippen LogP contribution < -0.4 is 0 Å². The van der Waals surface area contributed by atoms with E-state index < -0.39 is 0 Å². The first kappa shape index (κ1) is 22.8. The van der Waals surface area contributed by atoms with E-state index in [-0.39, 0.29) is 11.3 Å². The molecule has 2 aliphatic rings. The summed E-state index contributed by atoms with van der Waals surface area (Å²) in [6.45, 7) is 11.8. The molecule has 2 heterocycles. The van der Waals surface area contributed by atoms with Gasteiger partial charge in [-0.05, 0) is 92.6 Å². The fraction of sp³-hybridized carbons (Fsp3) is 0.290. The Morgan fingerprint density at radius 1 is 1.09 bits per heavy atom. The highest BCUT2D eigenvalue weighted by Crippen LogP contribution is 2.43. The third-order valence-electron chi connectivity index (χ3n) is 7.45. The normalized spacial score (nSPS) is 18.7. The molecular formula is C31H29N3O. The Morgan fingerprint density at radius 2 is 1.86 bits per heavy atom. The van der Waals surface area contributed by atoms with Crippen molar-refractivity contribution in [2.24, 2.45) is 0 Å². The second-order valence-corrected chi connectivity index (χ2v) is 9.66. The van der Waals surface area contributed by atoms with E-state index in [9.17, 15) is 5.26 Å². The first-order chi connectivity index (χ1) is 17.0. The van der Waals surface area contributed by atoms with Gasteiger partial charge in [-0.2, -0.15) is 0 Å². The lowest BCUT2D eigenvalue weighted by atomic mass is 9.78. The van der Waals surface area contributed by atoms with E-state index in [1.54, 1.807) is 0 Å². The Morgan fingerprint density at radius 3 is 2.57 bits per heavy atom. The van der Waals surface area contributed by atoms with Crippen LogP contribution in [0.25, 0.3) is 27.5 Å². The van der Waals surface area contributed by atoms with Gasteiger partial charge in [0.1, 0.15) is 11.4 Å². The van der Waals surface area contributed by atoms with Crippen LogP contribution in [0.1, 0.15) is 55.3 Å². The minimum Gasteiger partial charge on any atom is -0.487 e. The second kappa shape index (κ2) is 9.32. The van der Waals surface area contributed by atoms with Crippen molar-refractivity contribution >= 4 is 17.0 Å². The van der Waals surface area contributed by atoms with Crippen LogP contribution in [0.3, 0.4) is 0 Å². The van der Waals surface area contributed by atoms with Crippen LogP contribution in [-0.2, 0) is 4.74 Å². The number of fused-ring (bicyclic) bond motifs is 1. The van der Waals surface area contributed by atoms with E-state index in [2.05, 4.69) is 77.9 Å². The largest absolute Gasteiger partial charge is 0.487 e. The van der Waals surface area contributed by atoms with Crippen molar-refractivity contribution in [2.75, 3.05) is 0 Å². The third kappa shape index (κ3) is 4.29. The molecule has 0 N–H and O–H groups in total. The fourth-order valence-electron chi connectivity index (χ4n) is 5.55. The third-order valence-corrected chi connectivity index (χ3v) is 7.45. The maximum Gasteiger partial charge on any atom is 0.265 e. The van der Waals surface area contributed by atoms with E-state index in [4.69, 9.17) is 11.3 Å². The topological polar surface area (TPSA) is 42.3 Å². The Bertz CT molecular complexity index is 1430. The monoisotopic (exact) mass is 459 g/mol. The summed E-state index contributed by atoms with van der Waals surface area (Å²) in [5.41, 5.74) is 6.65. The van der Waals surface area contributed by atoms with E-state index in [0.717, 1.165) is 48.3 Å². The number of allylic oxidation sites excluding steroid dienone is 3. The zero-order valence-corrected chi connectivity index (χ0v) is 20.3. The molecule has 2 aromatic carbocycles. The maximum atomic E-state index is 9.48. The molecule has 1 aromatic heterocycles. The van der Waals surface area contributed by atoms with E-state index in [1.165, 1.54) is 28.6 Å². The molecule has 5 rings (SSSR count). The standard InChI is InChI=1S/C31H29N3O/c1-22-23(2)34(26-10-6-4-7-11-26)30-15-13-24(18-28(22)30)12-14-27-19-25(29(21-32)33-3)20-31(35-27)16-8-5-9-17-31/h4,6-7,10-15,18-19H,5,8-9,16-17,20H2,1-2H3. The molecule has 1 fully saturated rings. The molecule has 1 spiro atoms. The number of hydrogen-bond donors (Lipinski definition) is 0. The lowest BCUT2D eigenvalue weighted by Gasteiger charge is -2.41. The number of ether oxygens (including phenoxy) is 1. The van der Waals surface area contributed by atoms with Crippen LogP contribution in [-0.4, -0.2) is 10.2 Å². The number of rotatable bonds is 3. The predicted molar refractivity (Wildman–Crippen MR) is 141 cm³/mol. The smallest absolute Gasteiger partial charge is 0.265 e. The highest BCUT2D eigenvalue weighted by Gasteiger charge is 2.38. The number of aryl methyl sites for hydroxylation is 1. The minimum absolute atomic E-state index is 0.180. The van der Waals surface area contributed by atoms with Gasteiger partial charge in [0.05, 0.1) is 18.2 Å².